The number of thiazole rings is 1. The number of ketones is 1. The molecule has 0 aliphatic carbocycles. The third kappa shape index (κ3) is 8.84. The van der Waals surface area contributed by atoms with Crippen molar-refractivity contribution >= 4 is 40.0 Å². The summed E-state index contributed by atoms with van der Waals surface area (Å²) in [6, 6.07) is 0.274. The van der Waals surface area contributed by atoms with Gasteiger partial charge < -0.3 is 11.1 Å². The highest BCUT2D eigenvalue weighted by Crippen LogP contribution is 2.30. The van der Waals surface area contributed by atoms with Gasteiger partial charge in [-0.05, 0) is 38.8 Å². The molecule has 182 valence electrons. The fourth-order valence-corrected chi connectivity index (χ4v) is 5.57. The lowest BCUT2D eigenvalue weighted by molar-refractivity contribution is 0.0991. The number of allylic oxidation sites excluding steroid dienone is 4. The largest absolute Gasteiger partial charge is 0.382 e. The number of nitrogens with two attached hydrogens (primary N) is 1. The Kier molecular flexibility index (Phi) is 10.4. The summed E-state index contributed by atoms with van der Waals surface area (Å²) in [6.07, 6.45) is 9.62. The summed E-state index contributed by atoms with van der Waals surface area (Å²) in [6.45, 7) is 6.66. The number of aromatic nitrogens is 1. The molecular weight excluding hydrogens is 464 g/mol. The van der Waals surface area contributed by atoms with Crippen LogP contribution >= 0.6 is 23.3 Å². The molecule has 0 spiro atoms. The highest BCUT2D eigenvalue weighted by atomic mass is 32.2. The van der Waals surface area contributed by atoms with Gasteiger partial charge in [0, 0.05) is 38.0 Å². The Bertz CT molecular complexity index is 855. The number of alkyl halides is 1. The number of carbonyl (C=O) groups excluding carboxylic acids is 1. The first kappa shape index (κ1) is 25.9. The van der Waals surface area contributed by atoms with Gasteiger partial charge in [0.25, 0.3) is 0 Å². The van der Waals surface area contributed by atoms with Crippen LogP contribution in [-0.4, -0.2) is 70.7 Å². The maximum atomic E-state index is 13.9. The second-order valence-electron chi connectivity index (χ2n) is 8.27. The summed E-state index contributed by atoms with van der Waals surface area (Å²) in [5, 5.41) is 3.98. The number of hydrogen-bond acceptors (Lipinski definition) is 8. The molecule has 1 atom stereocenters. The minimum atomic E-state index is -1.17. The predicted molar refractivity (Wildman–Crippen MR) is 135 cm³/mol. The monoisotopic (exact) mass is 497 g/mol. The average molecular weight is 498 g/mol. The van der Waals surface area contributed by atoms with E-state index in [1.807, 2.05) is 11.9 Å². The van der Waals surface area contributed by atoms with Gasteiger partial charge in [0.15, 0.2) is 10.9 Å². The molecule has 0 saturated carbocycles. The van der Waals surface area contributed by atoms with Crippen LogP contribution in [0.3, 0.4) is 0 Å². The van der Waals surface area contributed by atoms with Gasteiger partial charge >= 0.3 is 0 Å². The number of nitrogen functional groups attached to an aromatic ring is 1. The van der Waals surface area contributed by atoms with Crippen LogP contribution in [-0.2, 0) is 0 Å². The van der Waals surface area contributed by atoms with E-state index in [4.69, 9.17) is 5.73 Å². The SMILES string of the molecule is CC(F)/C=C\C=C(\F)CC(=O)c1sc(NC2CCN(SCCCN3CC=CC3)CC2)nc1N. The summed E-state index contributed by atoms with van der Waals surface area (Å²) < 4.78 is 29.1. The number of anilines is 2. The van der Waals surface area contributed by atoms with Gasteiger partial charge in [0.2, 0.25) is 0 Å². The molecule has 0 radical (unpaired) electrons. The zero-order chi connectivity index (χ0) is 23.6. The fraction of sp³-hybridized carbons (Fsp3) is 0.565. The van der Waals surface area contributed by atoms with E-state index in [-0.39, 0.29) is 16.7 Å². The first-order valence-corrected chi connectivity index (χ1v) is 13.1. The Hall–Kier alpha value is -1.75. The smallest absolute Gasteiger partial charge is 0.185 e. The maximum absolute atomic E-state index is 13.9. The molecule has 1 saturated heterocycles. The van der Waals surface area contributed by atoms with E-state index in [1.54, 1.807) is 0 Å². The molecule has 10 heteroatoms. The van der Waals surface area contributed by atoms with Gasteiger partial charge in [-0.3, -0.25) is 14.0 Å². The number of piperidine rings is 1. The van der Waals surface area contributed by atoms with Crippen molar-refractivity contribution in [3.8, 4) is 0 Å². The third-order valence-electron chi connectivity index (χ3n) is 5.46. The van der Waals surface area contributed by atoms with Gasteiger partial charge in [0.1, 0.15) is 22.7 Å². The average Bonchev–Trinajstić information content (AvgIpc) is 3.41. The molecule has 2 aliphatic rings. The van der Waals surface area contributed by atoms with Crippen LogP contribution in [0.25, 0.3) is 0 Å². The summed E-state index contributed by atoms with van der Waals surface area (Å²) in [5.74, 6) is 0.191. The lowest BCUT2D eigenvalue weighted by atomic mass is 10.1. The van der Waals surface area contributed by atoms with E-state index < -0.39 is 24.2 Å². The number of carbonyl (C=O) groups is 1. The maximum Gasteiger partial charge on any atom is 0.185 e. The number of Topliss-reactive ketones (excluding diaryl/α,β-unsaturated/α-hetero) is 1. The molecule has 3 rings (SSSR count). The van der Waals surface area contributed by atoms with Crippen molar-refractivity contribution in [2.75, 3.05) is 49.5 Å². The zero-order valence-electron chi connectivity index (χ0n) is 19.0. The molecule has 33 heavy (non-hydrogen) atoms. The topological polar surface area (TPSA) is 74.5 Å². The first-order chi connectivity index (χ1) is 15.9. The lowest BCUT2D eigenvalue weighted by Crippen LogP contribution is -2.35. The van der Waals surface area contributed by atoms with Gasteiger partial charge in [-0.15, -0.1) is 0 Å². The molecule has 0 bridgehead atoms. The van der Waals surface area contributed by atoms with E-state index in [2.05, 4.69) is 31.7 Å². The molecular formula is C23H33F2N5OS2. The molecule has 6 nitrogen and oxygen atoms in total. The van der Waals surface area contributed by atoms with Crippen LogP contribution in [0.5, 0.6) is 0 Å². The molecule has 0 amide bonds. The number of hydrogen-bond donors (Lipinski definition) is 2. The molecule has 1 aromatic rings. The van der Waals surface area contributed by atoms with Crippen LogP contribution < -0.4 is 11.1 Å². The second kappa shape index (κ2) is 13.2. The van der Waals surface area contributed by atoms with Crippen molar-refractivity contribution in [2.24, 2.45) is 0 Å². The summed E-state index contributed by atoms with van der Waals surface area (Å²) in [4.78, 5) is 19.4. The number of nitrogens with zero attached hydrogens (tertiary/aromatic N) is 3. The number of halogens is 2. The van der Waals surface area contributed by atoms with Crippen molar-refractivity contribution < 1.29 is 13.6 Å². The van der Waals surface area contributed by atoms with Crippen molar-refractivity contribution in [3.05, 3.63) is 41.1 Å². The van der Waals surface area contributed by atoms with Crippen molar-refractivity contribution in [1.82, 2.24) is 14.2 Å². The van der Waals surface area contributed by atoms with Crippen LogP contribution in [0.1, 0.15) is 42.3 Å². The normalized spacial score (nSPS) is 19.5. The van der Waals surface area contributed by atoms with Crippen molar-refractivity contribution in [1.29, 1.82) is 0 Å². The van der Waals surface area contributed by atoms with Gasteiger partial charge in [-0.1, -0.05) is 47.6 Å². The van der Waals surface area contributed by atoms with Crippen molar-refractivity contribution in [3.63, 3.8) is 0 Å². The van der Waals surface area contributed by atoms with Crippen LogP contribution in [0.4, 0.5) is 19.7 Å². The molecule has 1 aromatic heterocycles. The Labute approximate surface area is 203 Å². The van der Waals surface area contributed by atoms with Gasteiger partial charge in [0.05, 0.1) is 6.42 Å². The summed E-state index contributed by atoms with van der Waals surface area (Å²) in [7, 11) is 0. The molecule has 0 aromatic carbocycles. The Morgan fingerprint density at radius 1 is 1.39 bits per heavy atom. The standard InChI is InChI=1S/C23H33F2N5OS2/c1-17(24)6-4-7-18(25)16-20(31)21-22(26)28-23(33-21)27-19-8-13-30(14-9-19)32-15-5-12-29-10-2-3-11-29/h2-4,6-7,17,19H,5,8-16,26H2,1H3,(H,27,28)/b6-4-,18-7+. The quantitative estimate of drug-likeness (QED) is 0.141. The lowest BCUT2D eigenvalue weighted by Gasteiger charge is -2.31. The van der Waals surface area contributed by atoms with E-state index in [0.717, 1.165) is 68.7 Å². The van der Waals surface area contributed by atoms with E-state index in [1.165, 1.54) is 25.5 Å². The van der Waals surface area contributed by atoms with E-state index >= 15 is 0 Å². The van der Waals surface area contributed by atoms with Gasteiger partial charge in [-0.2, -0.15) is 0 Å². The minimum absolute atomic E-state index is 0.120. The Balaban J connectivity index is 1.38. The number of nitrogens with one attached hydrogen (secondary N) is 1. The third-order valence-corrected chi connectivity index (χ3v) is 7.70. The van der Waals surface area contributed by atoms with E-state index in [9.17, 15) is 13.6 Å². The van der Waals surface area contributed by atoms with Crippen LogP contribution in [0.2, 0.25) is 0 Å². The van der Waals surface area contributed by atoms with Crippen LogP contribution in [0, 0.1) is 0 Å². The van der Waals surface area contributed by atoms with Crippen LogP contribution in [0.15, 0.2) is 36.2 Å². The Morgan fingerprint density at radius 2 is 2.12 bits per heavy atom. The predicted octanol–water partition coefficient (Wildman–Crippen LogP) is 4.85. The summed E-state index contributed by atoms with van der Waals surface area (Å²) >= 11 is 3.09. The minimum Gasteiger partial charge on any atom is -0.382 e. The fourth-order valence-electron chi connectivity index (χ4n) is 3.69. The second-order valence-corrected chi connectivity index (χ2v) is 10.5. The van der Waals surface area contributed by atoms with E-state index in [0.29, 0.717) is 5.13 Å². The highest BCUT2D eigenvalue weighted by molar-refractivity contribution is 7.97. The molecule has 3 N–H and O–H groups in total. The zero-order valence-corrected chi connectivity index (χ0v) is 20.6. The molecule has 1 unspecified atom stereocenters. The first-order valence-electron chi connectivity index (χ1n) is 11.4. The number of rotatable bonds is 12. The molecule has 2 aliphatic heterocycles. The van der Waals surface area contributed by atoms with Gasteiger partial charge in [-0.25, -0.2) is 13.8 Å². The molecule has 1 fully saturated rings. The Morgan fingerprint density at radius 3 is 2.82 bits per heavy atom. The van der Waals surface area contributed by atoms with Crippen molar-refractivity contribution in [2.45, 2.75) is 44.8 Å². The highest BCUT2D eigenvalue weighted by Gasteiger charge is 2.22. The summed E-state index contributed by atoms with van der Waals surface area (Å²) in [5.41, 5.74) is 5.91. The molecule has 3 heterocycles.